The van der Waals surface area contributed by atoms with E-state index in [1.807, 2.05) is 18.2 Å². The van der Waals surface area contributed by atoms with Crippen molar-refractivity contribution in [2.24, 2.45) is 0 Å². The lowest BCUT2D eigenvalue weighted by molar-refractivity contribution is -0.00285. The van der Waals surface area contributed by atoms with E-state index in [1.54, 1.807) is 0 Å². The number of aryl methyl sites for hydroxylation is 2. The summed E-state index contributed by atoms with van der Waals surface area (Å²) < 4.78 is 21.2. The van der Waals surface area contributed by atoms with Crippen molar-refractivity contribution in [1.82, 2.24) is 19.5 Å². The summed E-state index contributed by atoms with van der Waals surface area (Å²) in [5, 5.41) is 9.74. The minimum atomic E-state index is -1.58. The average Bonchev–Trinajstić information content (AvgIpc) is 3.18. The third kappa shape index (κ3) is 2.89. The second-order valence-corrected chi connectivity index (χ2v) is 6.13. The van der Waals surface area contributed by atoms with E-state index >= 15 is 0 Å². The number of nitrogens with zero attached hydrogens (tertiary/aromatic N) is 4. The second kappa shape index (κ2) is 6.50. The first-order valence-electron chi connectivity index (χ1n) is 8.16. The monoisotopic (exact) mass is 341 g/mol. The number of hydrogen-bond donors (Lipinski definition) is 1. The van der Waals surface area contributed by atoms with E-state index in [0.717, 1.165) is 12.1 Å². The minimum Gasteiger partial charge on any atom is -0.387 e. The molecule has 1 aliphatic rings. The van der Waals surface area contributed by atoms with Gasteiger partial charge in [-0.05, 0) is 25.3 Å². The summed E-state index contributed by atoms with van der Waals surface area (Å²) in [6, 6.07) is 10.1. The van der Waals surface area contributed by atoms with Crippen molar-refractivity contribution in [1.29, 1.82) is 0 Å². The molecular formula is C18H18FN4O2. The Labute approximate surface area is 144 Å². The summed E-state index contributed by atoms with van der Waals surface area (Å²) in [5.74, 6) is 0. The van der Waals surface area contributed by atoms with Gasteiger partial charge in [-0.1, -0.05) is 30.3 Å². The number of aromatic nitrogens is 4. The van der Waals surface area contributed by atoms with E-state index in [4.69, 9.17) is 4.74 Å². The number of aliphatic hydroxyl groups excluding tert-OH is 1. The Hall–Kier alpha value is -2.38. The van der Waals surface area contributed by atoms with Gasteiger partial charge in [0.1, 0.15) is 17.9 Å². The summed E-state index contributed by atoms with van der Waals surface area (Å²) in [6.45, 7) is 3.61. The lowest BCUT2D eigenvalue weighted by atomic mass is 10.1. The topological polar surface area (TPSA) is 73.1 Å². The molecule has 7 heteroatoms. The fraction of sp³-hybridized carbons (Fsp3) is 0.333. The molecule has 0 spiro atoms. The van der Waals surface area contributed by atoms with Crippen LogP contribution in [-0.2, 0) is 17.6 Å². The molecule has 25 heavy (non-hydrogen) atoms. The molecule has 0 saturated carbocycles. The average molecular weight is 341 g/mol. The predicted molar refractivity (Wildman–Crippen MR) is 89.3 cm³/mol. The molecule has 1 unspecified atom stereocenters. The van der Waals surface area contributed by atoms with Gasteiger partial charge >= 0.3 is 0 Å². The highest BCUT2D eigenvalue weighted by Crippen LogP contribution is 2.33. The van der Waals surface area contributed by atoms with E-state index in [0.29, 0.717) is 17.6 Å². The molecule has 3 heterocycles. The molecule has 0 bridgehead atoms. The molecule has 4 rings (SSSR count). The fourth-order valence-electron chi connectivity index (χ4n) is 3.10. The zero-order chi connectivity index (χ0) is 17.4. The van der Waals surface area contributed by atoms with Gasteiger partial charge in [0.25, 0.3) is 0 Å². The van der Waals surface area contributed by atoms with Crippen molar-refractivity contribution < 1.29 is 14.2 Å². The molecule has 6 nitrogen and oxygen atoms in total. The number of benzene rings is 1. The highest BCUT2D eigenvalue weighted by atomic mass is 19.1. The quantitative estimate of drug-likeness (QED) is 0.786. The van der Waals surface area contributed by atoms with Crippen LogP contribution in [0.25, 0.3) is 11.2 Å². The largest absolute Gasteiger partial charge is 0.387 e. The summed E-state index contributed by atoms with van der Waals surface area (Å²) in [6.07, 6.45) is -0.203. The van der Waals surface area contributed by atoms with E-state index in [-0.39, 0.29) is 0 Å². The fourth-order valence-corrected chi connectivity index (χ4v) is 3.10. The number of imidazole rings is 1. The third-order valence-corrected chi connectivity index (χ3v) is 4.50. The summed E-state index contributed by atoms with van der Waals surface area (Å²) >= 11 is 0. The van der Waals surface area contributed by atoms with Gasteiger partial charge in [0.2, 0.25) is 0 Å². The molecule has 0 aliphatic carbocycles. The Balaban J connectivity index is 1.62. The molecule has 1 saturated heterocycles. The van der Waals surface area contributed by atoms with Crippen molar-refractivity contribution >= 4 is 11.2 Å². The van der Waals surface area contributed by atoms with Gasteiger partial charge in [-0.3, -0.25) is 4.57 Å². The van der Waals surface area contributed by atoms with Crippen LogP contribution in [0, 0.1) is 6.92 Å². The second-order valence-electron chi connectivity index (χ2n) is 6.13. The number of fused-ring (bicyclic) bond motifs is 1. The molecule has 0 amide bonds. The van der Waals surface area contributed by atoms with Crippen LogP contribution in [0.2, 0.25) is 0 Å². The highest BCUT2D eigenvalue weighted by molar-refractivity contribution is 5.73. The molecule has 4 atom stereocenters. The predicted octanol–water partition coefficient (Wildman–Crippen LogP) is 2.04. The van der Waals surface area contributed by atoms with Crippen LogP contribution >= 0.6 is 0 Å². The molecular weight excluding hydrogens is 323 g/mol. The Morgan fingerprint density at radius 3 is 2.68 bits per heavy atom. The lowest BCUT2D eigenvalue weighted by Crippen LogP contribution is -2.26. The summed E-state index contributed by atoms with van der Waals surface area (Å²) in [4.78, 5) is 12.9. The maximum atomic E-state index is 14.3. The first kappa shape index (κ1) is 16.1. The van der Waals surface area contributed by atoms with Gasteiger partial charge in [0.15, 0.2) is 18.0 Å². The Morgan fingerprint density at radius 2 is 1.96 bits per heavy atom. The van der Waals surface area contributed by atoms with Crippen LogP contribution in [0.5, 0.6) is 0 Å². The highest BCUT2D eigenvalue weighted by Gasteiger charge is 2.43. The number of hydrogen-bond acceptors (Lipinski definition) is 5. The number of ether oxygens (including phenoxy) is 1. The molecule has 1 fully saturated rings. The molecule has 1 aliphatic heterocycles. The third-order valence-electron chi connectivity index (χ3n) is 4.50. The molecule has 1 aromatic carbocycles. The van der Waals surface area contributed by atoms with Gasteiger partial charge in [-0.25, -0.2) is 19.3 Å². The lowest BCUT2D eigenvalue weighted by Gasteiger charge is -2.14. The van der Waals surface area contributed by atoms with Crippen molar-refractivity contribution in [2.45, 2.75) is 37.4 Å². The van der Waals surface area contributed by atoms with Crippen molar-refractivity contribution in [3.05, 3.63) is 61.2 Å². The van der Waals surface area contributed by atoms with E-state index < -0.39 is 24.6 Å². The smallest absolute Gasteiger partial charge is 0.173 e. The summed E-state index contributed by atoms with van der Waals surface area (Å²) in [7, 11) is 0. The number of alkyl halides is 1. The molecule has 129 valence electrons. The van der Waals surface area contributed by atoms with Gasteiger partial charge in [0, 0.05) is 0 Å². The Kier molecular flexibility index (Phi) is 4.19. The van der Waals surface area contributed by atoms with Crippen LogP contribution in [-0.4, -0.2) is 43.0 Å². The van der Waals surface area contributed by atoms with Crippen LogP contribution < -0.4 is 0 Å². The van der Waals surface area contributed by atoms with Crippen LogP contribution in [0.3, 0.4) is 0 Å². The Bertz CT molecular complexity index is 870. The first-order chi connectivity index (χ1) is 12.1. The van der Waals surface area contributed by atoms with Crippen molar-refractivity contribution in [2.75, 3.05) is 0 Å². The van der Waals surface area contributed by atoms with Gasteiger partial charge in [-0.15, -0.1) is 0 Å². The first-order valence-corrected chi connectivity index (χ1v) is 8.16. The minimum absolute atomic E-state index is 0.493. The van der Waals surface area contributed by atoms with Crippen molar-refractivity contribution in [3.63, 3.8) is 0 Å². The zero-order valence-corrected chi connectivity index (χ0v) is 13.5. The molecule has 2 aromatic heterocycles. The molecule has 1 radical (unpaired) electrons. The number of halogens is 1. The van der Waals surface area contributed by atoms with E-state index in [2.05, 4.69) is 34.0 Å². The number of aliphatic hydroxyl groups is 1. The maximum absolute atomic E-state index is 14.3. The normalized spacial score (nSPS) is 26.4. The van der Waals surface area contributed by atoms with Crippen LogP contribution in [0.4, 0.5) is 4.39 Å². The number of rotatable bonds is 4. The standard InChI is InChI=1S/C18H18FN4O2/c1-11-16(24)14(19)18(25-11)23-10-22-15-13(20-9-21-17(15)23)8-7-12-5-3-2-4-6-12/h2-6,9-11,14,16,18,24H,1,7-8H2/t11-,14?,16+,18-/m1/s1. The summed E-state index contributed by atoms with van der Waals surface area (Å²) in [5.41, 5.74) is 3.12. The van der Waals surface area contributed by atoms with E-state index in [9.17, 15) is 9.50 Å². The Morgan fingerprint density at radius 1 is 1.16 bits per heavy atom. The zero-order valence-electron chi connectivity index (χ0n) is 13.5. The van der Waals surface area contributed by atoms with E-state index in [1.165, 1.54) is 22.8 Å². The van der Waals surface area contributed by atoms with Gasteiger partial charge in [-0.2, -0.15) is 0 Å². The maximum Gasteiger partial charge on any atom is 0.173 e. The van der Waals surface area contributed by atoms with Gasteiger partial charge < -0.3 is 9.84 Å². The van der Waals surface area contributed by atoms with Crippen LogP contribution in [0.1, 0.15) is 17.5 Å². The SMILES string of the molecule is [CH2][C@H]1O[C@@H](n2cnc3c(CCc4ccccc4)ncnc32)C(F)[C@H]1O. The molecule has 1 N–H and O–H groups in total. The van der Waals surface area contributed by atoms with Gasteiger partial charge in [0.05, 0.1) is 18.1 Å². The van der Waals surface area contributed by atoms with Crippen molar-refractivity contribution in [3.8, 4) is 0 Å². The van der Waals surface area contributed by atoms with Crippen LogP contribution in [0.15, 0.2) is 43.0 Å². The molecule has 3 aromatic rings.